The number of nitrogens with zero attached hydrogens (tertiary/aromatic N) is 1. The van der Waals surface area contributed by atoms with E-state index < -0.39 is 11.7 Å². The number of amides is 2. The summed E-state index contributed by atoms with van der Waals surface area (Å²) in [5.41, 5.74) is 1.08. The van der Waals surface area contributed by atoms with Crippen LogP contribution in [0.2, 0.25) is 0 Å². The lowest BCUT2D eigenvalue weighted by Gasteiger charge is -2.19. The van der Waals surface area contributed by atoms with Gasteiger partial charge in [-0.3, -0.25) is 10.1 Å². The standard InChI is InChI=1S/C21H21N3O3/c1-21(2,3)27-20(26)22-16-9-6-8-15(13-16)19(25)24-18-12-11-14-7-4-5-10-17(14)23-18/h4-13H,1-3H3,(H,22,26)(H,23,24,25). The van der Waals surface area contributed by atoms with Crippen LogP contribution in [-0.4, -0.2) is 22.6 Å². The summed E-state index contributed by atoms with van der Waals surface area (Å²) < 4.78 is 5.22. The smallest absolute Gasteiger partial charge is 0.412 e. The van der Waals surface area contributed by atoms with Gasteiger partial charge in [0.1, 0.15) is 11.4 Å². The summed E-state index contributed by atoms with van der Waals surface area (Å²) >= 11 is 0. The highest BCUT2D eigenvalue weighted by molar-refractivity contribution is 6.05. The number of rotatable bonds is 3. The van der Waals surface area contributed by atoms with Crippen molar-refractivity contribution >= 4 is 34.4 Å². The summed E-state index contributed by atoms with van der Waals surface area (Å²) in [6.07, 6.45) is -0.573. The zero-order valence-corrected chi connectivity index (χ0v) is 15.4. The van der Waals surface area contributed by atoms with Crippen molar-refractivity contribution in [1.29, 1.82) is 0 Å². The maximum absolute atomic E-state index is 12.5. The zero-order valence-electron chi connectivity index (χ0n) is 15.4. The van der Waals surface area contributed by atoms with Gasteiger partial charge in [-0.1, -0.05) is 24.3 Å². The Balaban J connectivity index is 1.71. The third-order valence-electron chi connectivity index (χ3n) is 3.61. The first-order valence-corrected chi connectivity index (χ1v) is 8.57. The molecule has 0 aliphatic heterocycles. The van der Waals surface area contributed by atoms with Crippen molar-refractivity contribution in [2.24, 2.45) is 0 Å². The van der Waals surface area contributed by atoms with Gasteiger partial charge >= 0.3 is 6.09 Å². The Kier molecular flexibility index (Phi) is 5.07. The highest BCUT2D eigenvalue weighted by atomic mass is 16.6. The monoisotopic (exact) mass is 363 g/mol. The Morgan fingerprint density at radius 3 is 2.48 bits per heavy atom. The number of hydrogen-bond donors (Lipinski definition) is 2. The highest BCUT2D eigenvalue weighted by Gasteiger charge is 2.16. The molecule has 0 bridgehead atoms. The Labute approximate surface area is 157 Å². The molecule has 0 fully saturated rings. The fourth-order valence-electron chi connectivity index (χ4n) is 2.48. The van der Waals surface area contributed by atoms with E-state index >= 15 is 0 Å². The number of fused-ring (bicyclic) bond motifs is 1. The Morgan fingerprint density at radius 2 is 1.70 bits per heavy atom. The second kappa shape index (κ2) is 7.45. The first-order valence-electron chi connectivity index (χ1n) is 8.57. The van der Waals surface area contributed by atoms with Crippen LogP contribution in [0.4, 0.5) is 16.3 Å². The van der Waals surface area contributed by atoms with E-state index in [1.54, 1.807) is 51.1 Å². The van der Waals surface area contributed by atoms with Gasteiger partial charge in [0.25, 0.3) is 5.91 Å². The van der Waals surface area contributed by atoms with E-state index in [1.807, 2.05) is 30.3 Å². The molecule has 0 spiro atoms. The molecule has 2 amide bonds. The molecule has 6 nitrogen and oxygen atoms in total. The molecule has 0 atom stereocenters. The largest absolute Gasteiger partial charge is 0.444 e. The van der Waals surface area contributed by atoms with Gasteiger partial charge in [0.2, 0.25) is 0 Å². The van der Waals surface area contributed by atoms with Crippen molar-refractivity contribution in [3.8, 4) is 0 Å². The van der Waals surface area contributed by atoms with Crippen molar-refractivity contribution in [1.82, 2.24) is 4.98 Å². The zero-order chi connectivity index (χ0) is 19.4. The number of pyridine rings is 1. The molecule has 2 N–H and O–H groups in total. The number of ether oxygens (including phenoxy) is 1. The molecular formula is C21H21N3O3. The van der Waals surface area contributed by atoms with E-state index in [2.05, 4.69) is 15.6 Å². The molecule has 6 heteroatoms. The SMILES string of the molecule is CC(C)(C)OC(=O)Nc1cccc(C(=O)Nc2ccc3ccccc3n2)c1. The second-order valence-electron chi connectivity index (χ2n) is 7.05. The predicted octanol–water partition coefficient (Wildman–Crippen LogP) is 4.83. The van der Waals surface area contributed by atoms with Gasteiger partial charge in [0, 0.05) is 16.6 Å². The van der Waals surface area contributed by atoms with E-state index in [4.69, 9.17) is 4.74 Å². The lowest BCUT2D eigenvalue weighted by molar-refractivity contribution is 0.0635. The van der Waals surface area contributed by atoms with Crippen LogP contribution in [0.15, 0.2) is 60.7 Å². The molecule has 27 heavy (non-hydrogen) atoms. The molecule has 1 heterocycles. The third-order valence-corrected chi connectivity index (χ3v) is 3.61. The second-order valence-corrected chi connectivity index (χ2v) is 7.05. The van der Waals surface area contributed by atoms with Crippen molar-refractivity contribution in [3.05, 3.63) is 66.2 Å². The van der Waals surface area contributed by atoms with E-state index in [1.165, 1.54) is 0 Å². The molecular weight excluding hydrogens is 342 g/mol. The highest BCUT2D eigenvalue weighted by Crippen LogP contribution is 2.17. The van der Waals surface area contributed by atoms with Crippen molar-refractivity contribution in [2.75, 3.05) is 10.6 Å². The molecule has 3 rings (SSSR count). The summed E-state index contributed by atoms with van der Waals surface area (Å²) in [5.74, 6) is 0.148. The van der Waals surface area contributed by atoms with Crippen LogP contribution in [-0.2, 0) is 4.74 Å². The summed E-state index contributed by atoms with van der Waals surface area (Å²) in [6.45, 7) is 5.35. The first-order chi connectivity index (χ1) is 12.8. The maximum Gasteiger partial charge on any atom is 0.412 e. The molecule has 0 saturated carbocycles. The number of nitrogens with one attached hydrogen (secondary N) is 2. The summed E-state index contributed by atoms with van der Waals surface area (Å²) in [7, 11) is 0. The van der Waals surface area contributed by atoms with Crippen LogP contribution in [0.5, 0.6) is 0 Å². The average molecular weight is 363 g/mol. The Bertz CT molecular complexity index is 993. The van der Waals surface area contributed by atoms with Crippen LogP contribution in [0.3, 0.4) is 0 Å². The summed E-state index contributed by atoms with van der Waals surface area (Å²) in [6, 6.07) is 18.0. The number of carbonyl (C=O) groups is 2. The molecule has 138 valence electrons. The van der Waals surface area contributed by atoms with Crippen LogP contribution in [0, 0.1) is 0 Å². The van der Waals surface area contributed by atoms with E-state index in [0.717, 1.165) is 10.9 Å². The lowest BCUT2D eigenvalue weighted by atomic mass is 10.2. The first kappa shape index (κ1) is 18.4. The minimum atomic E-state index is -0.596. The number of carbonyl (C=O) groups excluding carboxylic acids is 2. The molecule has 0 radical (unpaired) electrons. The van der Waals surface area contributed by atoms with Gasteiger partial charge < -0.3 is 10.1 Å². The topological polar surface area (TPSA) is 80.3 Å². The fourth-order valence-corrected chi connectivity index (χ4v) is 2.48. The normalized spacial score (nSPS) is 11.1. The maximum atomic E-state index is 12.5. The van der Waals surface area contributed by atoms with Crippen LogP contribution < -0.4 is 10.6 Å². The number of anilines is 2. The number of aromatic nitrogens is 1. The van der Waals surface area contributed by atoms with Crippen LogP contribution >= 0.6 is 0 Å². The van der Waals surface area contributed by atoms with Crippen LogP contribution in [0.25, 0.3) is 10.9 Å². The van der Waals surface area contributed by atoms with Gasteiger partial charge in [0.05, 0.1) is 5.52 Å². The Morgan fingerprint density at radius 1 is 0.926 bits per heavy atom. The molecule has 0 unspecified atom stereocenters. The van der Waals surface area contributed by atoms with Gasteiger partial charge in [-0.05, 0) is 57.2 Å². The molecule has 0 aliphatic carbocycles. The minimum Gasteiger partial charge on any atom is -0.444 e. The molecule has 2 aromatic carbocycles. The lowest BCUT2D eigenvalue weighted by Crippen LogP contribution is -2.27. The summed E-state index contributed by atoms with van der Waals surface area (Å²) in [4.78, 5) is 28.8. The quantitative estimate of drug-likeness (QED) is 0.698. The molecule has 3 aromatic rings. The van der Waals surface area contributed by atoms with Gasteiger partial charge in [-0.15, -0.1) is 0 Å². The van der Waals surface area contributed by atoms with Crippen LogP contribution in [0.1, 0.15) is 31.1 Å². The Hall–Kier alpha value is -3.41. The fraction of sp³-hybridized carbons (Fsp3) is 0.190. The van der Waals surface area contributed by atoms with Gasteiger partial charge in [-0.25, -0.2) is 9.78 Å². The molecule has 1 aromatic heterocycles. The molecule has 0 aliphatic rings. The van der Waals surface area contributed by atoms with Gasteiger partial charge in [-0.2, -0.15) is 0 Å². The van der Waals surface area contributed by atoms with E-state index in [9.17, 15) is 9.59 Å². The number of benzene rings is 2. The number of hydrogen-bond acceptors (Lipinski definition) is 4. The third kappa shape index (κ3) is 5.04. The van der Waals surface area contributed by atoms with Crippen molar-refractivity contribution < 1.29 is 14.3 Å². The predicted molar refractivity (Wildman–Crippen MR) is 106 cm³/mol. The average Bonchev–Trinajstić information content (AvgIpc) is 2.60. The summed E-state index contributed by atoms with van der Waals surface area (Å²) in [5, 5.41) is 6.40. The van der Waals surface area contributed by atoms with Crippen molar-refractivity contribution in [2.45, 2.75) is 26.4 Å². The van der Waals surface area contributed by atoms with Gasteiger partial charge in [0.15, 0.2) is 0 Å². The van der Waals surface area contributed by atoms with E-state index in [0.29, 0.717) is 17.1 Å². The molecule has 0 saturated heterocycles. The van der Waals surface area contributed by atoms with Crippen molar-refractivity contribution in [3.63, 3.8) is 0 Å². The number of para-hydroxylation sites is 1. The van der Waals surface area contributed by atoms with E-state index in [-0.39, 0.29) is 5.91 Å². The minimum absolute atomic E-state index is 0.314.